The van der Waals surface area contributed by atoms with Crippen molar-refractivity contribution in [1.29, 1.82) is 0 Å². The van der Waals surface area contributed by atoms with Crippen molar-refractivity contribution in [2.75, 3.05) is 11.3 Å². The Kier molecular flexibility index (Phi) is 5.49. The maximum Gasteiger partial charge on any atom is 0.341 e. The zero-order valence-corrected chi connectivity index (χ0v) is 16.4. The third-order valence-corrected chi connectivity index (χ3v) is 5.88. The summed E-state index contributed by atoms with van der Waals surface area (Å²) in [6.45, 7) is 6.93. The van der Waals surface area contributed by atoms with Crippen molar-refractivity contribution in [3.63, 3.8) is 0 Å². The molecule has 0 unspecified atom stereocenters. The molecule has 1 aromatic carbocycles. The lowest BCUT2D eigenvalue weighted by Gasteiger charge is -2.12. The van der Waals surface area contributed by atoms with E-state index in [9.17, 15) is 13.2 Å². The smallest absolute Gasteiger partial charge is 0.341 e. The Morgan fingerprint density at radius 1 is 1.24 bits per heavy atom. The van der Waals surface area contributed by atoms with Crippen LogP contribution < -0.4 is 4.72 Å². The summed E-state index contributed by atoms with van der Waals surface area (Å²) in [4.78, 5) is 12.2. The predicted octanol–water partition coefficient (Wildman–Crippen LogP) is 3.58. The van der Waals surface area contributed by atoms with Crippen molar-refractivity contribution < 1.29 is 17.9 Å². The van der Waals surface area contributed by atoms with Gasteiger partial charge in [0.1, 0.15) is 10.5 Å². The van der Waals surface area contributed by atoms with Gasteiger partial charge in [0.25, 0.3) is 10.0 Å². The number of nitrogens with zero attached hydrogens (tertiary/aromatic N) is 1. The van der Waals surface area contributed by atoms with E-state index in [2.05, 4.69) is 4.72 Å². The summed E-state index contributed by atoms with van der Waals surface area (Å²) in [5.41, 5.74) is 2.11. The summed E-state index contributed by atoms with van der Waals surface area (Å²) in [6.07, 6.45) is 0. The fraction of sp³-hybridized carbons (Fsp3) is 0.353. The van der Waals surface area contributed by atoms with Gasteiger partial charge in [-0.15, -0.1) is 0 Å². The number of hydrogen-bond acceptors (Lipinski definition) is 4. The lowest BCUT2D eigenvalue weighted by atomic mass is 10.2. The highest BCUT2D eigenvalue weighted by molar-refractivity contribution is 7.92. The number of nitrogens with one attached hydrogen (secondary N) is 1. The van der Waals surface area contributed by atoms with E-state index >= 15 is 0 Å². The fourth-order valence-corrected chi connectivity index (χ4v) is 4.40. The van der Waals surface area contributed by atoms with E-state index in [0.29, 0.717) is 22.1 Å². The lowest BCUT2D eigenvalue weighted by molar-refractivity contribution is 0.0521. The minimum absolute atomic E-state index is 0.0500. The first-order chi connectivity index (χ1) is 11.6. The second kappa shape index (κ2) is 7.09. The van der Waals surface area contributed by atoms with E-state index in [1.165, 1.54) is 6.07 Å². The molecule has 0 saturated carbocycles. The average Bonchev–Trinajstić information content (AvgIpc) is 2.76. The molecule has 0 amide bonds. The first-order valence-corrected chi connectivity index (χ1v) is 9.58. The van der Waals surface area contributed by atoms with Gasteiger partial charge in [-0.25, -0.2) is 13.2 Å². The molecule has 0 aliphatic rings. The number of ether oxygens (including phenoxy) is 1. The minimum atomic E-state index is -4.01. The molecular formula is C17H21ClN2O4S. The number of sulfonamides is 1. The Hall–Kier alpha value is -1.99. The Labute approximate surface area is 152 Å². The first-order valence-electron chi connectivity index (χ1n) is 7.72. The van der Waals surface area contributed by atoms with Crippen LogP contribution in [-0.4, -0.2) is 25.6 Å². The van der Waals surface area contributed by atoms with Crippen LogP contribution in [0.4, 0.5) is 5.69 Å². The topological polar surface area (TPSA) is 77.4 Å². The van der Waals surface area contributed by atoms with Gasteiger partial charge in [-0.2, -0.15) is 0 Å². The SMILES string of the molecule is CCOC(=O)c1c(S(=O)(=O)Nc2cc(Cl)ccc2C)c(C)n(C)c1C. The molecule has 2 rings (SSSR count). The highest BCUT2D eigenvalue weighted by atomic mass is 35.5. The number of carbonyl (C=O) groups excluding carboxylic acids is 1. The monoisotopic (exact) mass is 384 g/mol. The third kappa shape index (κ3) is 3.67. The van der Waals surface area contributed by atoms with Crippen LogP contribution in [0.5, 0.6) is 0 Å². The molecule has 8 heteroatoms. The van der Waals surface area contributed by atoms with Gasteiger partial charge in [-0.05, 0) is 45.4 Å². The Bertz CT molecular complexity index is 933. The van der Waals surface area contributed by atoms with Crippen LogP contribution in [0.1, 0.15) is 34.2 Å². The molecule has 0 fully saturated rings. The van der Waals surface area contributed by atoms with Gasteiger partial charge in [0.15, 0.2) is 0 Å². The molecule has 0 aliphatic heterocycles. The molecule has 1 aromatic heterocycles. The Morgan fingerprint density at radius 3 is 2.48 bits per heavy atom. The molecule has 0 atom stereocenters. The molecule has 0 spiro atoms. The normalized spacial score (nSPS) is 11.4. The van der Waals surface area contributed by atoms with Crippen molar-refractivity contribution in [1.82, 2.24) is 4.57 Å². The zero-order chi connectivity index (χ0) is 18.9. The van der Waals surface area contributed by atoms with Crippen LogP contribution in [0.25, 0.3) is 0 Å². The zero-order valence-electron chi connectivity index (χ0n) is 14.8. The molecule has 0 radical (unpaired) electrons. The number of halogens is 1. The first kappa shape index (κ1) is 19.3. The molecule has 0 bridgehead atoms. The second-order valence-corrected chi connectivity index (χ2v) is 7.77. The van der Waals surface area contributed by atoms with E-state index in [1.807, 2.05) is 0 Å². The number of carbonyl (C=O) groups is 1. The summed E-state index contributed by atoms with van der Waals surface area (Å²) < 4.78 is 35.2. The lowest BCUT2D eigenvalue weighted by Crippen LogP contribution is -2.18. The van der Waals surface area contributed by atoms with E-state index in [4.69, 9.17) is 16.3 Å². The molecule has 0 saturated heterocycles. The Morgan fingerprint density at radius 2 is 1.88 bits per heavy atom. The van der Waals surface area contributed by atoms with Crippen LogP contribution in [0, 0.1) is 20.8 Å². The molecular weight excluding hydrogens is 364 g/mol. The Balaban J connectivity index is 2.61. The van der Waals surface area contributed by atoms with Crippen LogP contribution in [0.3, 0.4) is 0 Å². The van der Waals surface area contributed by atoms with Crippen LogP contribution >= 0.6 is 11.6 Å². The van der Waals surface area contributed by atoms with Crippen molar-refractivity contribution in [3.8, 4) is 0 Å². The summed E-state index contributed by atoms with van der Waals surface area (Å²) in [6, 6.07) is 4.93. The highest BCUT2D eigenvalue weighted by Gasteiger charge is 2.31. The quantitative estimate of drug-likeness (QED) is 0.799. The molecule has 1 N–H and O–H groups in total. The summed E-state index contributed by atoms with van der Waals surface area (Å²) in [5, 5.41) is 0.412. The van der Waals surface area contributed by atoms with E-state index in [0.717, 1.165) is 5.56 Å². The van der Waals surface area contributed by atoms with Crippen LogP contribution in [-0.2, 0) is 21.8 Å². The van der Waals surface area contributed by atoms with Crippen LogP contribution in [0.2, 0.25) is 5.02 Å². The highest BCUT2D eigenvalue weighted by Crippen LogP contribution is 2.30. The van der Waals surface area contributed by atoms with Gasteiger partial charge < -0.3 is 9.30 Å². The summed E-state index contributed by atoms with van der Waals surface area (Å²) >= 11 is 5.96. The number of benzene rings is 1. The van der Waals surface area contributed by atoms with Crippen molar-refractivity contribution in [3.05, 3.63) is 45.7 Å². The maximum absolute atomic E-state index is 13.0. The van der Waals surface area contributed by atoms with Gasteiger partial charge >= 0.3 is 5.97 Å². The van der Waals surface area contributed by atoms with Gasteiger partial charge in [0, 0.05) is 23.5 Å². The standard InChI is InChI=1S/C17H21ClN2O4S/c1-6-24-17(21)15-11(3)20(5)12(4)16(15)25(22,23)19-14-9-13(18)8-7-10(14)2/h7-9,19H,6H2,1-5H3. The molecule has 6 nitrogen and oxygen atoms in total. The van der Waals surface area contributed by atoms with Crippen molar-refractivity contribution >= 4 is 33.3 Å². The number of aromatic nitrogens is 1. The average molecular weight is 385 g/mol. The second-order valence-electron chi connectivity index (χ2n) is 5.72. The number of anilines is 1. The van der Waals surface area contributed by atoms with Crippen molar-refractivity contribution in [2.24, 2.45) is 7.05 Å². The van der Waals surface area contributed by atoms with E-state index < -0.39 is 16.0 Å². The number of rotatable bonds is 5. The maximum atomic E-state index is 13.0. The number of esters is 1. The molecule has 1 heterocycles. The summed E-state index contributed by atoms with van der Waals surface area (Å²) in [5.74, 6) is -0.660. The van der Waals surface area contributed by atoms with Gasteiger partial charge in [-0.3, -0.25) is 4.72 Å². The van der Waals surface area contributed by atoms with E-state index in [-0.39, 0.29) is 17.1 Å². The van der Waals surface area contributed by atoms with Gasteiger partial charge in [0.2, 0.25) is 0 Å². The molecule has 2 aromatic rings. The van der Waals surface area contributed by atoms with Gasteiger partial charge in [-0.1, -0.05) is 17.7 Å². The van der Waals surface area contributed by atoms with E-state index in [1.54, 1.807) is 51.4 Å². The molecule has 136 valence electrons. The van der Waals surface area contributed by atoms with Crippen molar-refractivity contribution in [2.45, 2.75) is 32.6 Å². The summed E-state index contributed by atoms with van der Waals surface area (Å²) in [7, 11) is -2.30. The minimum Gasteiger partial charge on any atom is -0.462 e. The molecule has 25 heavy (non-hydrogen) atoms. The van der Waals surface area contributed by atoms with Gasteiger partial charge in [0.05, 0.1) is 12.3 Å². The fourth-order valence-electron chi connectivity index (χ4n) is 2.59. The van der Waals surface area contributed by atoms with Crippen LogP contribution in [0.15, 0.2) is 23.1 Å². The third-order valence-electron chi connectivity index (χ3n) is 4.12. The number of hydrogen-bond donors (Lipinski definition) is 1. The predicted molar refractivity (Wildman–Crippen MR) is 97.8 cm³/mol. The largest absolute Gasteiger partial charge is 0.462 e. The molecule has 0 aliphatic carbocycles. The number of aryl methyl sites for hydroxylation is 1.